The number of carbonyl (C=O) groups is 2. The van der Waals surface area contributed by atoms with Crippen molar-refractivity contribution in [1.29, 1.82) is 0 Å². The van der Waals surface area contributed by atoms with Crippen molar-refractivity contribution in [2.75, 3.05) is 4.90 Å². The van der Waals surface area contributed by atoms with Crippen LogP contribution in [0.1, 0.15) is 44.3 Å². The Morgan fingerprint density at radius 1 is 0.972 bits per heavy atom. The molecule has 1 saturated heterocycles. The van der Waals surface area contributed by atoms with Gasteiger partial charge in [0.2, 0.25) is 0 Å². The number of carboxylic acid groups (broad SMARTS) is 2. The molecule has 0 aliphatic carbocycles. The highest BCUT2D eigenvalue weighted by atomic mass is 32.1. The first kappa shape index (κ1) is 23.2. The summed E-state index contributed by atoms with van der Waals surface area (Å²) in [7, 11) is 0. The molecule has 1 aliphatic rings. The van der Waals surface area contributed by atoms with Crippen LogP contribution in [-0.4, -0.2) is 32.2 Å². The molecule has 10 heteroatoms. The van der Waals surface area contributed by atoms with Gasteiger partial charge in [0.05, 0.1) is 22.9 Å². The lowest BCUT2D eigenvalue weighted by molar-refractivity contribution is 0.0696. The highest BCUT2D eigenvalue weighted by Gasteiger charge is 2.42. The van der Waals surface area contributed by atoms with Crippen LogP contribution in [0.2, 0.25) is 0 Å². The molecule has 36 heavy (non-hydrogen) atoms. The van der Waals surface area contributed by atoms with Gasteiger partial charge in [0.25, 0.3) is 0 Å². The van der Waals surface area contributed by atoms with Gasteiger partial charge in [-0.05, 0) is 78.9 Å². The van der Waals surface area contributed by atoms with E-state index in [-0.39, 0.29) is 22.7 Å². The minimum absolute atomic E-state index is 0.175. The molecule has 1 fully saturated rings. The Bertz CT molecular complexity index is 1440. The molecule has 3 heterocycles. The van der Waals surface area contributed by atoms with Crippen LogP contribution in [0, 0.1) is 5.82 Å². The van der Waals surface area contributed by atoms with E-state index >= 15 is 0 Å². The summed E-state index contributed by atoms with van der Waals surface area (Å²) in [6, 6.07) is 17.6. The second-order valence-electron chi connectivity index (χ2n) is 8.08. The zero-order chi connectivity index (χ0) is 25.4. The summed E-state index contributed by atoms with van der Waals surface area (Å²) >= 11 is 5.62. The number of anilines is 1. The maximum absolute atomic E-state index is 13.6. The van der Waals surface area contributed by atoms with E-state index in [0.717, 1.165) is 6.07 Å². The van der Waals surface area contributed by atoms with Crippen LogP contribution in [-0.2, 0) is 0 Å². The molecule has 0 bridgehead atoms. The predicted molar refractivity (Wildman–Crippen MR) is 132 cm³/mol. The molecule has 2 aromatic heterocycles. The number of carboxylic acids is 2. The van der Waals surface area contributed by atoms with E-state index in [1.165, 1.54) is 24.3 Å². The number of rotatable bonds is 6. The van der Waals surface area contributed by atoms with E-state index in [9.17, 15) is 24.2 Å². The molecule has 0 saturated carbocycles. The summed E-state index contributed by atoms with van der Waals surface area (Å²) in [5.74, 6) is -2.15. The monoisotopic (exact) mass is 503 g/mol. The lowest BCUT2D eigenvalue weighted by Gasteiger charge is -2.26. The van der Waals surface area contributed by atoms with E-state index in [1.54, 1.807) is 41.4 Å². The number of hydrogen-bond donors (Lipinski definition) is 3. The van der Waals surface area contributed by atoms with Gasteiger partial charge in [0.1, 0.15) is 23.4 Å². The Morgan fingerprint density at radius 2 is 1.67 bits per heavy atom. The molecule has 180 valence electrons. The molecular formula is C26H18FN3O5S. The Labute approximate surface area is 209 Å². The van der Waals surface area contributed by atoms with E-state index in [1.807, 2.05) is 12.1 Å². The molecule has 5 rings (SSSR count). The van der Waals surface area contributed by atoms with Crippen LogP contribution in [0.25, 0.3) is 11.3 Å². The fraction of sp³-hybridized carbons (Fsp3) is 0.0769. The van der Waals surface area contributed by atoms with Crippen LogP contribution in [0.4, 0.5) is 10.1 Å². The Hall–Kier alpha value is -4.57. The van der Waals surface area contributed by atoms with E-state index in [4.69, 9.17) is 16.6 Å². The summed E-state index contributed by atoms with van der Waals surface area (Å²) in [5, 5.41) is 22.5. The molecule has 0 amide bonds. The van der Waals surface area contributed by atoms with Crippen molar-refractivity contribution in [3.63, 3.8) is 0 Å². The largest absolute Gasteiger partial charge is 0.478 e. The minimum atomic E-state index is -1.26. The van der Waals surface area contributed by atoms with Gasteiger partial charge >= 0.3 is 11.9 Å². The summed E-state index contributed by atoms with van der Waals surface area (Å²) in [4.78, 5) is 29.4. The average Bonchev–Trinajstić information content (AvgIpc) is 3.49. The first-order chi connectivity index (χ1) is 17.3. The zero-order valence-electron chi connectivity index (χ0n) is 18.5. The topological polar surface area (TPSA) is 116 Å². The van der Waals surface area contributed by atoms with E-state index < -0.39 is 24.0 Å². The van der Waals surface area contributed by atoms with Gasteiger partial charge in [-0.2, -0.15) is 0 Å². The Morgan fingerprint density at radius 3 is 2.28 bits per heavy atom. The van der Waals surface area contributed by atoms with Gasteiger partial charge in [0, 0.05) is 17.4 Å². The minimum Gasteiger partial charge on any atom is -0.478 e. The summed E-state index contributed by atoms with van der Waals surface area (Å²) in [6.07, 6.45) is 1.66. The molecule has 8 nitrogen and oxygen atoms in total. The summed E-state index contributed by atoms with van der Waals surface area (Å²) in [6.45, 7) is 0. The second-order valence-corrected chi connectivity index (χ2v) is 8.47. The van der Waals surface area contributed by atoms with Gasteiger partial charge in [-0.15, -0.1) is 0 Å². The fourth-order valence-corrected chi connectivity index (χ4v) is 4.55. The van der Waals surface area contributed by atoms with Crippen molar-refractivity contribution in [2.45, 2.75) is 12.1 Å². The molecule has 0 radical (unpaired) electrons. The highest BCUT2D eigenvalue weighted by Crippen LogP contribution is 2.43. The molecule has 2 aromatic carbocycles. The third kappa shape index (κ3) is 4.29. The second kappa shape index (κ2) is 9.23. The van der Waals surface area contributed by atoms with Crippen molar-refractivity contribution in [1.82, 2.24) is 10.3 Å². The highest BCUT2D eigenvalue weighted by molar-refractivity contribution is 7.80. The van der Waals surface area contributed by atoms with Crippen LogP contribution in [0.5, 0.6) is 0 Å². The number of benzene rings is 2. The van der Waals surface area contributed by atoms with E-state index in [2.05, 4.69) is 10.3 Å². The Balaban J connectivity index is 1.61. The first-order valence-corrected chi connectivity index (χ1v) is 11.2. The number of furan rings is 1. The molecule has 0 unspecified atom stereocenters. The smallest absolute Gasteiger partial charge is 0.335 e. The van der Waals surface area contributed by atoms with Crippen molar-refractivity contribution in [2.24, 2.45) is 0 Å². The molecule has 1 aliphatic heterocycles. The standard InChI is InChI=1S/C26H18FN3O5S/c27-17-4-6-18(7-5-17)30-23(22(29-26(30)36)19-3-1-2-10-28-19)21-9-8-20(35-21)14-11-15(24(31)32)13-16(12-14)25(33)34/h1-13,22-23H,(H,29,36)(H,31,32)(H,33,34)/t22-,23+/m0/s1. The number of pyridine rings is 1. The van der Waals surface area contributed by atoms with Crippen molar-refractivity contribution < 1.29 is 28.6 Å². The predicted octanol–water partition coefficient (Wildman–Crippen LogP) is 5.05. The van der Waals surface area contributed by atoms with Gasteiger partial charge in [0.15, 0.2) is 5.11 Å². The summed E-state index contributed by atoms with van der Waals surface area (Å²) in [5.41, 5.74) is 1.29. The SMILES string of the molecule is O=C(O)c1cc(C(=O)O)cc(-c2ccc([C@@H]3[C@H](c4ccccn4)NC(=S)N3c3ccc(F)cc3)o2)c1. The van der Waals surface area contributed by atoms with E-state index in [0.29, 0.717) is 27.8 Å². The van der Waals surface area contributed by atoms with Gasteiger partial charge in [-0.25, -0.2) is 14.0 Å². The number of nitrogens with zero attached hydrogens (tertiary/aromatic N) is 2. The first-order valence-electron chi connectivity index (χ1n) is 10.8. The Kier molecular flexibility index (Phi) is 5.95. The van der Waals surface area contributed by atoms with Crippen molar-refractivity contribution in [3.8, 4) is 11.3 Å². The van der Waals surface area contributed by atoms with Gasteiger partial charge in [-0.1, -0.05) is 6.07 Å². The number of aromatic nitrogens is 1. The molecular weight excluding hydrogens is 485 g/mol. The lowest BCUT2D eigenvalue weighted by Crippen LogP contribution is -2.29. The zero-order valence-corrected chi connectivity index (χ0v) is 19.3. The lowest BCUT2D eigenvalue weighted by atomic mass is 10.0. The maximum Gasteiger partial charge on any atom is 0.335 e. The molecule has 4 aromatic rings. The molecule has 2 atom stereocenters. The maximum atomic E-state index is 13.6. The summed E-state index contributed by atoms with van der Waals surface area (Å²) < 4.78 is 19.8. The number of thiocarbonyl (C=S) groups is 1. The normalized spacial score (nSPS) is 17.1. The van der Waals surface area contributed by atoms with Crippen molar-refractivity contribution >= 4 is 35.0 Å². The third-order valence-corrected chi connectivity index (χ3v) is 6.15. The number of nitrogens with one attached hydrogen (secondary N) is 1. The third-order valence-electron chi connectivity index (χ3n) is 5.83. The number of aromatic carboxylic acids is 2. The average molecular weight is 504 g/mol. The quantitative estimate of drug-likeness (QED) is 0.311. The van der Waals surface area contributed by atoms with Crippen LogP contribution in [0.15, 0.2) is 83.4 Å². The fourth-order valence-electron chi connectivity index (χ4n) is 4.21. The van der Waals surface area contributed by atoms with Gasteiger partial charge < -0.3 is 24.8 Å². The number of halogens is 1. The van der Waals surface area contributed by atoms with Crippen molar-refractivity contribution in [3.05, 3.63) is 107 Å². The number of hydrogen-bond acceptors (Lipinski definition) is 5. The van der Waals surface area contributed by atoms with Crippen LogP contribution in [0.3, 0.4) is 0 Å². The van der Waals surface area contributed by atoms with Gasteiger partial charge in [-0.3, -0.25) is 4.98 Å². The van der Waals surface area contributed by atoms with Crippen LogP contribution < -0.4 is 10.2 Å². The van der Waals surface area contributed by atoms with Crippen LogP contribution >= 0.6 is 12.2 Å². The molecule has 3 N–H and O–H groups in total. The molecule has 0 spiro atoms.